The predicted octanol–water partition coefficient (Wildman–Crippen LogP) is 3.79. The molecule has 122 valence electrons. The highest BCUT2D eigenvalue weighted by Crippen LogP contribution is 2.27. The smallest absolute Gasteiger partial charge is 0.233 e. The fourth-order valence-electron chi connectivity index (χ4n) is 2.82. The van der Waals surface area contributed by atoms with Gasteiger partial charge in [0.1, 0.15) is 0 Å². The van der Waals surface area contributed by atoms with Crippen molar-refractivity contribution in [3.8, 4) is 5.69 Å². The van der Waals surface area contributed by atoms with E-state index in [4.69, 9.17) is 11.6 Å². The first-order valence-electron chi connectivity index (χ1n) is 7.75. The zero-order valence-corrected chi connectivity index (χ0v) is 14.9. The van der Waals surface area contributed by atoms with E-state index in [-0.39, 0.29) is 5.91 Å². The second-order valence-electron chi connectivity index (χ2n) is 5.99. The highest BCUT2D eigenvalue weighted by molar-refractivity contribution is 7.99. The molecule has 1 saturated heterocycles. The van der Waals surface area contributed by atoms with Crippen molar-refractivity contribution in [1.29, 1.82) is 0 Å². The van der Waals surface area contributed by atoms with E-state index in [0.29, 0.717) is 11.7 Å². The van der Waals surface area contributed by atoms with Crippen molar-refractivity contribution in [2.45, 2.75) is 25.4 Å². The first-order chi connectivity index (χ1) is 11.1. The molecule has 1 aliphatic heterocycles. The number of rotatable bonds is 4. The third-order valence-corrected chi connectivity index (χ3v) is 5.57. The monoisotopic (exact) mass is 349 g/mol. The molecule has 0 bridgehead atoms. The summed E-state index contributed by atoms with van der Waals surface area (Å²) in [5, 5.41) is 1.55. The minimum Gasteiger partial charge on any atom is -0.342 e. The van der Waals surface area contributed by atoms with Crippen LogP contribution in [0.4, 0.5) is 0 Å². The highest BCUT2D eigenvalue weighted by atomic mass is 35.5. The summed E-state index contributed by atoms with van der Waals surface area (Å²) in [4.78, 5) is 18.6. The molecule has 1 aromatic carbocycles. The first-order valence-corrected chi connectivity index (χ1v) is 9.12. The second-order valence-corrected chi connectivity index (χ2v) is 7.34. The molecule has 1 aliphatic rings. The van der Waals surface area contributed by atoms with Crippen LogP contribution in [0.25, 0.3) is 5.69 Å². The van der Waals surface area contributed by atoms with Crippen LogP contribution >= 0.6 is 23.4 Å². The molecular weight excluding hydrogens is 330 g/mol. The molecule has 4 nitrogen and oxygen atoms in total. The van der Waals surface area contributed by atoms with E-state index in [2.05, 4.69) is 11.9 Å². The van der Waals surface area contributed by atoms with Gasteiger partial charge in [-0.15, -0.1) is 0 Å². The number of amides is 1. The molecule has 1 unspecified atom stereocenters. The van der Waals surface area contributed by atoms with Crippen molar-refractivity contribution in [1.82, 2.24) is 14.5 Å². The molecule has 23 heavy (non-hydrogen) atoms. The molecule has 1 aromatic heterocycles. The molecule has 6 heteroatoms. The lowest BCUT2D eigenvalue weighted by Gasteiger charge is -2.16. The quantitative estimate of drug-likeness (QED) is 0.788. The second kappa shape index (κ2) is 6.97. The largest absolute Gasteiger partial charge is 0.342 e. The van der Waals surface area contributed by atoms with Crippen LogP contribution in [0.15, 0.2) is 35.7 Å². The van der Waals surface area contributed by atoms with E-state index in [0.717, 1.165) is 40.9 Å². The van der Waals surface area contributed by atoms with Crippen molar-refractivity contribution < 1.29 is 4.79 Å². The van der Waals surface area contributed by atoms with Crippen LogP contribution in [-0.4, -0.2) is 39.2 Å². The standard InChI is InChI=1S/C17H20ClN3OS/c1-12-6-8-20(10-12)16(22)11-23-17-19-7-9-21(17)15-5-3-4-14(18)13(15)2/h3-5,7,9,12H,6,8,10-11H2,1-2H3. The van der Waals surface area contributed by atoms with Crippen LogP contribution in [0.1, 0.15) is 18.9 Å². The van der Waals surface area contributed by atoms with Crippen molar-refractivity contribution >= 4 is 29.3 Å². The molecule has 1 atom stereocenters. The van der Waals surface area contributed by atoms with Gasteiger partial charge in [-0.1, -0.05) is 36.4 Å². The Bertz CT molecular complexity index is 716. The molecule has 2 heterocycles. The maximum atomic E-state index is 12.3. The predicted molar refractivity (Wildman–Crippen MR) is 94.4 cm³/mol. The SMILES string of the molecule is Cc1c(Cl)cccc1-n1ccnc1SCC(=O)N1CCC(C)C1. The zero-order valence-electron chi connectivity index (χ0n) is 13.3. The summed E-state index contributed by atoms with van der Waals surface area (Å²) in [5.41, 5.74) is 2.01. The Morgan fingerprint density at radius 3 is 3.04 bits per heavy atom. The van der Waals surface area contributed by atoms with Crippen molar-refractivity contribution in [3.05, 3.63) is 41.2 Å². The van der Waals surface area contributed by atoms with E-state index in [1.165, 1.54) is 11.8 Å². The van der Waals surface area contributed by atoms with Crippen molar-refractivity contribution in [3.63, 3.8) is 0 Å². The zero-order chi connectivity index (χ0) is 16.4. The Balaban J connectivity index is 1.72. The van der Waals surface area contributed by atoms with Crippen LogP contribution in [0, 0.1) is 12.8 Å². The number of likely N-dealkylation sites (tertiary alicyclic amines) is 1. The molecule has 1 amide bonds. The van der Waals surface area contributed by atoms with E-state index in [9.17, 15) is 4.79 Å². The lowest BCUT2D eigenvalue weighted by Crippen LogP contribution is -2.30. The molecular formula is C17H20ClN3OS. The van der Waals surface area contributed by atoms with Gasteiger partial charge in [0, 0.05) is 30.5 Å². The number of hydrogen-bond acceptors (Lipinski definition) is 3. The van der Waals surface area contributed by atoms with Gasteiger partial charge in [0.25, 0.3) is 0 Å². The summed E-state index contributed by atoms with van der Waals surface area (Å²) >= 11 is 7.69. The average Bonchev–Trinajstić information content (AvgIpc) is 3.16. The highest BCUT2D eigenvalue weighted by Gasteiger charge is 2.23. The number of imidazole rings is 1. The van der Waals surface area contributed by atoms with Crippen LogP contribution < -0.4 is 0 Å². The molecule has 1 fully saturated rings. The van der Waals surface area contributed by atoms with Crippen LogP contribution in [0.5, 0.6) is 0 Å². The summed E-state index contributed by atoms with van der Waals surface area (Å²) in [6, 6.07) is 5.81. The molecule has 0 saturated carbocycles. The van der Waals surface area contributed by atoms with Crippen LogP contribution in [-0.2, 0) is 4.79 Å². The Hall–Kier alpha value is -1.46. The Kier molecular flexibility index (Phi) is 4.97. The van der Waals surface area contributed by atoms with Gasteiger partial charge in [-0.2, -0.15) is 0 Å². The van der Waals surface area contributed by atoms with Gasteiger partial charge in [-0.25, -0.2) is 4.98 Å². The normalized spacial score (nSPS) is 17.7. The number of benzene rings is 1. The number of nitrogens with zero attached hydrogens (tertiary/aromatic N) is 3. The summed E-state index contributed by atoms with van der Waals surface area (Å²) in [6.45, 7) is 5.93. The average molecular weight is 350 g/mol. The third-order valence-electron chi connectivity index (χ3n) is 4.21. The minimum atomic E-state index is 0.191. The van der Waals surface area contributed by atoms with Gasteiger partial charge in [-0.05, 0) is 37.0 Å². The van der Waals surface area contributed by atoms with Crippen LogP contribution in [0.3, 0.4) is 0 Å². The number of hydrogen-bond donors (Lipinski definition) is 0. The summed E-state index contributed by atoms with van der Waals surface area (Å²) in [7, 11) is 0. The Morgan fingerprint density at radius 2 is 2.30 bits per heavy atom. The van der Waals surface area contributed by atoms with Crippen molar-refractivity contribution in [2.75, 3.05) is 18.8 Å². The molecule has 3 rings (SSSR count). The summed E-state index contributed by atoms with van der Waals surface area (Å²) in [5.74, 6) is 1.22. The molecule has 0 spiro atoms. The number of aromatic nitrogens is 2. The van der Waals surface area contributed by atoms with Crippen LogP contribution in [0.2, 0.25) is 5.02 Å². The molecule has 0 aliphatic carbocycles. The Labute approximate surface area is 145 Å². The fraction of sp³-hybridized carbons (Fsp3) is 0.412. The van der Waals surface area contributed by atoms with Gasteiger partial charge in [0.05, 0.1) is 11.4 Å². The Morgan fingerprint density at radius 1 is 1.48 bits per heavy atom. The number of halogens is 1. The van der Waals surface area contributed by atoms with E-state index in [1.807, 2.05) is 40.8 Å². The van der Waals surface area contributed by atoms with E-state index in [1.54, 1.807) is 6.20 Å². The fourth-order valence-corrected chi connectivity index (χ4v) is 3.85. The molecule has 0 radical (unpaired) electrons. The van der Waals surface area contributed by atoms with Gasteiger partial charge in [0.2, 0.25) is 5.91 Å². The molecule has 2 aromatic rings. The van der Waals surface area contributed by atoms with Gasteiger partial charge < -0.3 is 4.90 Å². The maximum absolute atomic E-state index is 12.3. The number of carbonyl (C=O) groups excluding carboxylic acids is 1. The molecule has 0 N–H and O–H groups in total. The number of carbonyl (C=O) groups is 1. The number of thioether (sulfide) groups is 1. The van der Waals surface area contributed by atoms with Crippen molar-refractivity contribution in [2.24, 2.45) is 5.92 Å². The summed E-state index contributed by atoms with van der Waals surface area (Å²) < 4.78 is 1.99. The lowest BCUT2D eigenvalue weighted by molar-refractivity contribution is -0.127. The third kappa shape index (κ3) is 3.56. The van der Waals surface area contributed by atoms with Gasteiger partial charge in [-0.3, -0.25) is 9.36 Å². The maximum Gasteiger partial charge on any atom is 0.233 e. The topological polar surface area (TPSA) is 38.1 Å². The van der Waals surface area contributed by atoms with Gasteiger partial charge in [0.15, 0.2) is 5.16 Å². The minimum absolute atomic E-state index is 0.191. The summed E-state index contributed by atoms with van der Waals surface area (Å²) in [6.07, 6.45) is 4.77. The lowest BCUT2D eigenvalue weighted by atomic mass is 10.2. The van der Waals surface area contributed by atoms with E-state index >= 15 is 0 Å². The van der Waals surface area contributed by atoms with E-state index < -0.39 is 0 Å². The first kappa shape index (κ1) is 16.4. The van der Waals surface area contributed by atoms with Gasteiger partial charge >= 0.3 is 0 Å².